The van der Waals surface area contributed by atoms with Crippen LogP contribution < -0.4 is 5.32 Å². The van der Waals surface area contributed by atoms with Gasteiger partial charge in [-0.1, -0.05) is 6.07 Å². The molecule has 0 aliphatic carbocycles. The summed E-state index contributed by atoms with van der Waals surface area (Å²) >= 11 is 0. The molecule has 2 aromatic heterocycles. The zero-order chi connectivity index (χ0) is 20.1. The number of nitrogens with zero attached hydrogens (tertiary/aromatic N) is 3. The van der Waals surface area contributed by atoms with Crippen LogP contribution in [0, 0.1) is 5.82 Å². The average molecular weight is 396 g/mol. The van der Waals surface area contributed by atoms with Crippen LogP contribution in [0.1, 0.15) is 12.1 Å². The second kappa shape index (κ2) is 9.15. The lowest BCUT2D eigenvalue weighted by Gasteiger charge is -2.26. The predicted octanol–water partition coefficient (Wildman–Crippen LogP) is 2.52. The van der Waals surface area contributed by atoms with Gasteiger partial charge in [-0.25, -0.2) is 9.37 Å². The molecule has 0 saturated carbocycles. The maximum Gasteiger partial charge on any atom is 0.220 e. The first kappa shape index (κ1) is 19.5. The summed E-state index contributed by atoms with van der Waals surface area (Å²) in [6.07, 6.45) is 2.88. The molecular formula is C22H25FN4O2. The summed E-state index contributed by atoms with van der Waals surface area (Å²) < 4.78 is 20.7. The molecule has 1 aliphatic heterocycles. The summed E-state index contributed by atoms with van der Waals surface area (Å²) in [6, 6.07) is 12.1. The van der Waals surface area contributed by atoms with E-state index in [0.29, 0.717) is 19.4 Å². The van der Waals surface area contributed by atoms with E-state index in [-0.39, 0.29) is 11.7 Å². The molecule has 0 unspecified atom stereocenters. The van der Waals surface area contributed by atoms with E-state index in [1.165, 1.54) is 12.1 Å². The lowest BCUT2D eigenvalue weighted by molar-refractivity contribution is -0.121. The number of fused-ring (bicyclic) bond motifs is 1. The number of rotatable bonds is 7. The van der Waals surface area contributed by atoms with E-state index < -0.39 is 0 Å². The third-order valence-corrected chi connectivity index (χ3v) is 5.19. The number of carbonyl (C=O) groups excluding carboxylic acids is 1. The van der Waals surface area contributed by atoms with Crippen LogP contribution in [0.5, 0.6) is 0 Å². The van der Waals surface area contributed by atoms with Crippen molar-refractivity contribution in [2.75, 3.05) is 39.4 Å². The summed E-state index contributed by atoms with van der Waals surface area (Å²) in [4.78, 5) is 19.4. The maximum absolute atomic E-state index is 13.3. The van der Waals surface area contributed by atoms with E-state index in [1.54, 1.807) is 12.1 Å². The molecule has 1 aliphatic rings. The summed E-state index contributed by atoms with van der Waals surface area (Å²) in [7, 11) is 0. The van der Waals surface area contributed by atoms with Gasteiger partial charge in [0.2, 0.25) is 5.91 Å². The number of carbonyl (C=O) groups is 1. The molecule has 6 nitrogen and oxygen atoms in total. The van der Waals surface area contributed by atoms with Crippen molar-refractivity contribution in [3.8, 4) is 11.3 Å². The molecule has 3 heterocycles. The lowest BCUT2D eigenvalue weighted by atomic mass is 10.1. The molecular weight excluding hydrogens is 371 g/mol. The smallest absolute Gasteiger partial charge is 0.220 e. The van der Waals surface area contributed by atoms with Crippen LogP contribution in [0.25, 0.3) is 16.9 Å². The summed E-state index contributed by atoms with van der Waals surface area (Å²) in [6.45, 7) is 4.82. The van der Waals surface area contributed by atoms with Gasteiger partial charge in [0.05, 0.1) is 24.6 Å². The first-order chi connectivity index (χ1) is 14.2. The van der Waals surface area contributed by atoms with Crippen molar-refractivity contribution in [1.82, 2.24) is 19.6 Å². The molecule has 4 rings (SSSR count). The number of benzene rings is 1. The van der Waals surface area contributed by atoms with Crippen molar-refractivity contribution in [3.63, 3.8) is 0 Å². The highest BCUT2D eigenvalue weighted by atomic mass is 19.1. The van der Waals surface area contributed by atoms with Crippen LogP contribution in [0.15, 0.2) is 48.7 Å². The molecule has 0 radical (unpaired) electrons. The number of hydrogen-bond acceptors (Lipinski definition) is 4. The van der Waals surface area contributed by atoms with Crippen molar-refractivity contribution in [1.29, 1.82) is 0 Å². The monoisotopic (exact) mass is 396 g/mol. The summed E-state index contributed by atoms with van der Waals surface area (Å²) in [5.41, 5.74) is 3.40. The number of hydrogen-bond donors (Lipinski definition) is 1. The first-order valence-corrected chi connectivity index (χ1v) is 9.99. The topological polar surface area (TPSA) is 58.9 Å². The number of aryl methyl sites for hydroxylation is 1. The molecule has 1 saturated heterocycles. The number of nitrogens with one attached hydrogen (secondary N) is 1. The SMILES string of the molecule is O=C(CCc1c(-c2ccc(F)cc2)nc2ccccn12)NCCN1CCOCC1. The summed E-state index contributed by atoms with van der Waals surface area (Å²) in [5, 5.41) is 3.01. The second-order valence-corrected chi connectivity index (χ2v) is 7.15. The van der Waals surface area contributed by atoms with Gasteiger partial charge < -0.3 is 14.5 Å². The lowest BCUT2D eigenvalue weighted by Crippen LogP contribution is -2.41. The predicted molar refractivity (Wildman–Crippen MR) is 109 cm³/mol. The molecule has 0 spiro atoms. The minimum atomic E-state index is -0.279. The van der Waals surface area contributed by atoms with Crippen molar-refractivity contribution in [2.45, 2.75) is 12.8 Å². The molecule has 1 aromatic carbocycles. The van der Waals surface area contributed by atoms with Crippen molar-refractivity contribution >= 4 is 11.6 Å². The Kier molecular flexibility index (Phi) is 6.17. The minimum Gasteiger partial charge on any atom is -0.379 e. The van der Waals surface area contributed by atoms with Gasteiger partial charge in [0.1, 0.15) is 11.5 Å². The number of halogens is 1. The van der Waals surface area contributed by atoms with Gasteiger partial charge in [-0.15, -0.1) is 0 Å². The number of ether oxygens (including phenoxy) is 1. The fourth-order valence-electron chi connectivity index (χ4n) is 3.62. The third kappa shape index (κ3) is 4.81. The van der Waals surface area contributed by atoms with E-state index >= 15 is 0 Å². The number of pyridine rings is 1. The molecule has 7 heteroatoms. The molecule has 1 fully saturated rings. The normalized spacial score (nSPS) is 14.9. The van der Waals surface area contributed by atoms with Gasteiger partial charge in [-0.3, -0.25) is 9.69 Å². The largest absolute Gasteiger partial charge is 0.379 e. The Bertz CT molecular complexity index is 965. The quantitative estimate of drug-likeness (QED) is 0.667. The Labute approximate surface area is 169 Å². The number of amides is 1. The number of aromatic nitrogens is 2. The van der Waals surface area contributed by atoms with E-state index in [1.807, 2.05) is 28.8 Å². The highest BCUT2D eigenvalue weighted by Gasteiger charge is 2.16. The Morgan fingerprint density at radius 3 is 2.72 bits per heavy atom. The molecule has 0 bridgehead atoms. The van der Waals surface area contributed by atoms with Gasteiger partial charge in [-0.2, -0.15) is 0 Å². The molecule has 3 aromatic rings. The van der Waals surface area contributed by atoms with Crippen LogP contribution in [-0.2, 0) is 16.0 Å². The number of imidazole rings is 1. The average Bonchev–Trinajstić information content (AvgIpc) is 3.12. The molecule has 152 valence electrons. The van der Waals surface area contributed by atoms with E-state index in [4.69, 9.17) is 9.72 Å². The second-order valence-electron chi connectivity index (χ2n) is 7.15. The fraction of sp³-hybridized carbons (Fsp3) is 0.364. The fourth-order valence-corrected chi connectivity index (χ4v) is 3.62. The van der Waals surface area contributed by atoms with Crippen molar-refractivity contribution < 1.29 is 13.9 Å². The zero-order valence-corrected chi connectivity index (χ0v) is 16.3. The zero-order valence-electron chi connectivity index (χ0n) is 16.3. The van der Waals surface area contributed by atoms with E-state index in [0.717, 1.165) is 55.4 Å². The van der Waals surface area contributed by atoms with Gasteiger partial charge in [0, 0.05) is 44.4 Å². The molecule has 0 atom stereocenters. The standard InChI is InChI=1S/C22H25FN4O2/c23-18-6-4-17(5-7-18)22-19(27-11-2-1-3-20(27)25-22)8-9-21(28)24-10-12-26-13-15-29-16-14-26/h1-7,11H,8-10,12-16H2,(H,24,28). The third-order valence-electron chi connectivity index (χ3n) is 5.19. The van der Waals surface area contributed by atoms with E-state index in [2.05, 4.69) is 10.2 Å². The maximum atomic E-state index is 13.3. The molecule has 1 amide bonds. The van der Waals surface area contributed by atoms with Crippen LogP contribution >= 0.6 is 0 Å². The summed E-state index contributed by atoms with van der Waals surface area (Å²) in [5.74, 6) is -0.257. The Morgan fingerprint density at radius 1 is 1.14 bits per heavy atom. The van der Waals surface area contributed by atoms with Crippen LogP contribution in [0.4, 0.5) is 4.39 Å². The van der Waals surface area contributed by atoms with Gasteiger partial charge in [0.15, 0.2) is 0 Å². The Balaban J connectivity index is 1.42. The molecule has 29 heavy (non-hydrogen) atoms. The van der Waals surface area contributed by atoms with Crippen molar-refractivity contribution in [2.24, 2.45) is 0 Å². The number of morpholine rings is 1. The van der Waals surface area contributed by atoms with Crippen molar-refractivity contribution in [3.05, 3.63) is 60.2 Å². The van der Waals surface area contributed by atoms with Gasteiger partial charge in [0.25, 0.3) is 0 Å². The highest BCUT2D eigenvalue weighted by molar-refractivity contribution is 5.77. The van der Waals surface area contributed by atoms with Gasteiger partial charge in [-0.05, 0) is 42.8 Å². The Hall–Kier alpha value is -2.77. The van der Waals surface area contributed by atoms with Crippen LogP contribution in [-0.4, -0.2) is 59.6 Å². The van der Waals surface area contributed by atoms with Crippen LogP contribution in [0.2, 0.25) is 0 Å². The first-order valence-electron chi connectivity index (χ1n) is 9.99. The van der Waals surface area contributed by atoms with Crippen LogP contribution in [0.3, 0.4) is 0 Å². The Morgan fingerprint density at radius 2 is 1.93 bits per heavy atom. The minimum absolute atomic E-state index is 0.0224. The molecule has 1 N–H and O–H groups in total. The van der Waals surface area contributed by atoms with E-state index in [9.17, 15) is 9.18 Å². The van der Waals surface area contributed by atoms with Gasteiger partial charge >= 0.3 is 0 Å². The highest BCUT2D eigenvalue weighted by Crippen LogP contribution is 2.25.